The van der Waals surface area contributed by atoms with Crippen LogP contribution in [-0.2, 0) is 17.6 Å². The van der Waals surface area contributed by atoms with Crippen molar-refractivity contribution in [3.05, 3.63) is 113 Å². The van der Waals surface area contributed by atoms with Crippen molar-refractivity contribution in [2.45, 2.75) is 45.1 Å². The number of benzene rings is 3. The molecule has 0 spiro atoms. The molecule has 1 fully saturated rings. The molecule has 3 aromatic carbocycles. The highest BCUT2D eigenvalue weighted by Gasteiger charge is 2.43. The molecule has 1 saturated heterocycles. The van der Waals surface area contributed by atoms with E-state index in [-0.39, 0.29) is 11.9 Å². The van der Waals surface area contributed by atoms with E-state index in [1.54, 1.807) is 0 Å². The Morgan fingerprint density at radius 2 is 1.53 bits per heavy atom. The average Bonchev–Trinajstić information content (AvgIpc) is 2.81. The largest absolute Gasteiger partial charge is 0.337 e. The number of carbonyl (C=O) groups is 1. The molecule has 2 unspecified atom stereocenters. The lowest BCUT2D eigenvalue weighted by Gasteiger charge is -2.52. The Kier molecular flexibility index (Phi) is 6.84. The molecule has 2 atom stereocenters. The minimum Gasteiger partial charge on any atom is -0.337 e. The molecule has 164 valence electrons. The number of hydrogen-bond donors (Lipinski definition) is 0. The number of hydrogen-bond acceptors (Lipinski definition) is 2. The van der Waals surface area contributed by atoms with Gasteiger partial charge in [0.25, 0.3) is 0 Å². The predicted molar refractivity (Wildman–Crippen MR) is 129 cm³/mol. The number of carbonyl (C=O) groups excluding carboxylic acids is 1. The Bertz CT molecular complexity index is 1050. The van der Waals surface area contributed by atoms with Crippen LogP contribution in [0, 0.1) is 18.7 Å². The summed E-state index contributed by atoms with van der Waals surface area (Å²) in [5, 5.41) is 0. The average molecular weight is 428 g/mol. The standard InChI is InChI=1S/C29H30FNO/c1-21-8-10-23(11-9-21)5-3-7-28-22(2)31(27-18-16-26(30)17-19-27)29(28)25-14-12-24(13-15-25)6-4-20-32/h8-20,28-29H,2-7H2,1H3. The van der Waals surface area contributed by atoms with E-state index in [2.05, 4.69) is 66.9 Å². The predicted octanol–water partition coefficient (Wildman–Crippen LogP) is 6.98. The summed E-state index contributed by atoms with van der Waals surface area (Å²) < 4.78 is 13.5. The van der Waals surface area contributed by atoms with Crippen molar-refractivity contribution in [2.24, 2.45) is 5.92 Å². The van der Waals surface area contributed by atoms with Gasteiger partial charge in [-0.05, 0) is 73.6 Å². The summed E-state index contributed by atoms with van der Waals surface area (Å²) in [7, 11) is 0. The van der Waals surface area contributed by atoms with Crippen LogP contribution in [0.3, 0.4) is 0 Å². The monoisotopic (exact) mass is 427 g/mol. The van der Waals surface area contributed by atoms with E-state index in [1.807, 2.05) is 12.1 Å². The zero-order valence-corrected chi connectivity index (χ0v) is 18.6. The van der Waals surface area contributed by atoms with Crippen molar-refractivity contribution >= 4 is 12.0 Å². The van der Waals surface area contributed by atoms with E-state index in [4.69, 9.17) is 0 Å². The number of aldehydes is 1. The first-order valence-corrected chi connectivity index (χ1v) is 11.4. The second-order valence-corrected chi connectivity index (χ2v) is 8.71. The van der Waals surface area contributed by atoms with Crippen LogP contribution in [-0.4, -0.2) is 6.29 Å². The fourth-order valence-corrected chi connectivity index (χ4v) is 4.66. The van der Waals surface area contributed by atoms with Crippen molar-refractivity contribution in [2.75, 3.05) is 4.90 Å². The van der Waals surface area contributed by atoms with Crippen molar-refractivity contribution in [3.8, 4) is 0 Å². The van der Waals surface area contributed by atoms with E-state index in [9.17, 15) is 9.18 Å². The van der Waals surface area contributed by atoms with Gasteiger partial charge in [0.15, 0.2) is 0 Å². The lowest BCUT2D eigenvalue weighted by atomic mass is 9.76. The molecule has 0 saturated carbocycles. The molecule has 4 rings (SSSR count). The third-order valence-corrected chi connectivity index (χ3v) is 6.47. The van der Waals surface area contributed by atoms with Crippen LogP contribution in [0.15, 0.2) is 85.1 Å². The second kappa shape index (κ2) is 9.95. The molecular weight excluding hydrogens is 397 g/mol. The molecular formula is C29H30FNO. The molecule has 2 nitrogen and oxygen atoms in total. The van der Waals surface area contributed by atoms with Crippen molar-refractivity contribution in [1.82, 2.24) is 0 Å². The summed E-state index contributed by atoms with van der Waals surface area (Å²) in [6, 6.07) is 24.2. The van der Waals surface area contributed by atoms with Crippen molar-refractivity contribution < 1.29 is 9.18 Å². The number of nitrogens with zero attached hydrogens (tertiary/aromatic N) is 1. The Balaban J connectivity index is 1.51. The Morgan fingerprint density at radius 1 is 0.906 bits per heavy atom. The van der Waals surface area contributed by atoms with E-state index >= 15 is 0 Å². The van der Waals surface area contributed by atoms with Crippen LogP contribution in [0.2, 0.25) is 0 Å². The summed E-state index contributed by atoms with van der Waals surface area (Å²) >= 11 is 0. The number of anilines is 1. The zero-order valence-electron chi connectivity index (χ0n) is 18.6. The minimum atomic E-state index is -0.231. The Hall–Kier alpha value is -3.20. The topological polar surface area (TPSA) is 20.3 Å². The summed E-state index contributed by atoms with van der Waals surface area (Å²) in [6.45, 7) is 6.50. The number of rotatable bonds is 9. The number of halogens is 1. The van der Waals surface area contributed by atoms with Gasteiger partial charge in [-0.2, -0.15) is 0 Å². The smallest absolute Gasteiger partial charge is 0.123 e. The highest BCUT2D eigenvalue weighted by atomic mass is 19.1. The molecule has 0 amide bonds. The summed E-state index contributed by atoms with van der Waals surface area (Å²) in [5.74, 6) is 0.122. The summed E-state index contributed by atoms with van der Waals surface area (Å²) in [6.07, 6.45) is 5.48. The highest BCUT2D eigenvalue weighted by molar-refractivity contribution is 5.60. The Labute approximate surface area is 190 Å². The first-order chi connectivity index (χ1) is 15.6. The minimum absolute atomic E-state index is 0.186. The van der Waals surface area contributed by atoms with E-state index < -0.39 is 0 Å². The molecule has 0 aliphatic carbocycles. The fraction of sp³-hybridized carbons (Fsp3) is 0.276. The van der Waals surface area contributed by atoms with Gasteiger partial charge in [-0.25, -0.2) is 4.39 Å². The highest BCUT2D eigenvalue weighted by Crippen LogP contribution is 2.51. The van der Waals surface area contributed by atoms with Gasteiger partial charge in [0.1, 0.15) is 12.1 Å². The molecule has 3 heteroatoms. The van der Waals surface area contributed by atoms with Crippen LogP contribution < -0.4 is 4.90 Å². The summed E-state index contributed by atoms with van der Waals surface area (Å²) in [4.78, 5) is 12.9. The van der Waals surface area contributed by atoms with E-state index in [1.165, 1.54) is 34.4 Å². The zero-order chi connectivity index (χ0) is 22.5. The maximum atomic E-state index is 13.5. The molecule has 1 aliphatic heterocycles. The van der Waals surface area contributed by atoms with Crippen LogP contribution >= 0.6 is 0 Å². The second-order valence-electron chi connectivity index (χ2n) is 8.71. The van der Waals surface area contributed by atoms with Crippen molar-refractivity contribution in [1.29, 1.82) is 0 Å². The molecule has 0 N–H and O–H groups in total. The van der Waals surface area contributed by atoms with Gasteiger partial charge in [0.05, 0.1) is 6.04 Å². The molecule has 1 heterocycles. The van der Waals surface area contributed by atoms with Gasteiger partial charge >= 0.3 is 0 Å². The SMILES string of the molecule is C=C1C(CCCc2ccc(C)cc2)C(c2ccc(CCC=O)cc2)N1c1ccc(F)cc1. The molecule has 0 bridgehead atoms. The molecule has 3 aromatic rings. The molecule has 0 aromatic heterocycles. The molecule has 0 radical (unpaired) electrons. The lowest BCUT2D eigenvalue weighted by molar-refractivity contribution is -0.107. The Morgan fingerprint density at radius 3 is 2.19 bits per heavy atom. The van der Waals surface area contributed by atoms with Crippen LogP contribution in [0.4, 0.5) is 10.1 Å². The van der Waals surface area contributed by atoms with Crippen molar-refractivity contribution in [3.63, 3.8) is 0 Å². The summed E-state index contributed by atoms with van der Waals surface area (Å²) in [5.41, 5.74) is 7.12. The molecule has 1 aliphatic rings. The molecule has 32 heavy (non-hydrogen) atoms. The van der Waals surface area contributed by atoms with Crippen LogP contribution in [0.1, 0.15) is 47.6 Å². The van der Waals surface area contributed by atoms with Gasteiger partial charge in [0, 0.05) is 23.7 Å². The van der Waals surface area contributed by atoms with Gasteiger partial charge in [0.2, 0.25) is 0 Å². The van der Waals surface area contributed by atoms with Gasteiger partial charge in [-0.15, -0.1) is 0 Å². The third-order valence-electron chi connectivity index (χ3n) is 6.47. The first-order valence-electron chi connectivity index (χ1n) is 11.4. The maximum absolute atomic E-state index is 13.5. The maximum Gasteiger partial charge on any atom is 0.123 e. The first kappa shape index (κ1) is 22.0. The van der Waals surface area contributed by atoms with Gasteiger partial charge < -0.3 is 9.69 Å². The van der Waals surface area contributed by atoms with Crippen LogP contribution in [0.5, 0.6) is 0 Å². The van der Waals surface area contributed by atoms with Gasteiger partial charge in [-0.3, -0.25) is 0 Å². The van der Waals surface area contributed by atoms with Crippen LogP contribution in [0.25, 0.3) is 0 Å². The fourth-order valence-electron chi connectivity index (χ4n) is 4.66. The van der Waals surface area contributed by atoms with Gasteiger partial charge in [-0.1, -0.05) is 60.7 Å². The normalized spacial score (nSPS) is 17.8. The quantitative estimate of drug-likeness (QED) is 0.343. The third kappa shape index (κ3) is 4.83. The van der Waals surface area contributed by atoms with E-state index in [0.29, 0.717) is 12.3 Å². The lowest BCUT2D eigenvalue weighted by Crippen LogP contribution is -2.47. The number of aryl methyl sites for hydroxylation is 3. The van der Waals surface area contributed by atoms with E-state index in [0.717, 1.165) is 43.4 Å².